The van der Waals surface area contributed by atoms with E-state index < -0.39 is 0 Å². The van der Waals surface area contributed by atoms with Crippen molar-refractivity contribution in [1.82, 2.24) is 4.72 Å². The average molecular weight is 205 g/mol. The van der Waals surface area contributed by atoms with Crippen molar-refractivity contribution in [1.29, 1.82) is 0 Å². The Morgan fingerprint density at radius 1 is 1.29 bits per heavy atom. The van der Waals surface area contributed by atoms with E-state index in [1.54, 1.807) is 11.9 Å². The minimum absolute atomic E-state index is 0.274. The van der Waals surface area contributed by atoms with Crippen LogP contribution in [-0.4, -0.2) is 4.75 Å². The van der Waals surface area contributed by atoms with Crippen molar-refractivity contribution in [3.63, 3.8) is 0 Å². The maximum absolute atomic E-state index is 3.19. The Bertz CT molecular complexity index is 320. The van der Waals surface area contributed by atoms with E-state index in [4.69, 9.17) is 0 Å². The Morgan fingerprint density at radius 3 is 2.71 bits per heavy atom. The molecule has 0 saturated heterocycles. The number of hydrogen-bond donors (Lipinski definition) is 1. The van der Waals surface area contributed by atoms with Gasteiger partial charge in [-0.25, -0.2) is 0 Å². The zero-order valence-electron chi connectivity index (χ0n) is 8.36. The minimum Gasteiger partial charge on any atom is -0.336 e. The highest BCUT2D eigenvalue weighted by Crippen LogP contribution is 2.32. The van der Waals surface area contributed by atoms with Crippen LogP contribution in [0, 0.1) is 0 Å². The molecule has 0 aliphatic carbocycles. The maximum atomic E-state index is 3.19. The molecule has 1 N–H and O–H groups in total. The van der Waals surface area contributed by atoms with E-state index in [1.807, 2.05) is 6.20 Å². The van der Waals surface area contributed by atoms with Crippen molar-refractivity contribution < 1.29 is 0 Å². The van der Waals surface area contributed by atoms with Crippen LogP contribution in [0.3, 0.4) is 0 Å². The second kappa shape index (κ2) is 4.09. The zero-order chi connectivity index (χ0) is 9.86. The second-order valence-electron chi connectivity index (χ2n) is 3.85. The van der Waals surface area contributed by atoms with Crippen LogP contribution in [0.15, 0.2) is 42.6 Å². The van der Waals surface area contributed by atoms with E-state index in [2.05, 4.69) is 48.1 Å². The highest BCUT2D eigenvalue weighted by molar-refractivity contribution is 7.99. The largest absolute Gasteiger partial charge is 0.336 e. The Labute approximate surface area is 89.7 Å². The highest BCUT2D eigenvalue weighted by atomic mass is 32.2. The fourth-order valence-corrected chi connectivity index (χ4v) is 2.33. The molecule has 0 aromatic heterocycles. The fraction of sp³-hybridized carbons (Fsp3) is 0.333. The lowest BCUT2D eigenvalue weighted by atomic mass is 10.0. The van der Waals surface area contributed by atoms with Crippen molar-refractivity contribution >= 4 is 11.9 Å². The van der Waals surface area contributed by atoms with Crippen LogP contribution in [0.4, 0.5) is 0 Å². The summed E-state index contributed by atoms with van der Waals surface area (Å²) in [4.78, 5) is 0. The monoisotopic (exact) mass is 205 g/mol. The van der Waals surface area contributed by atoms with Crippen molar-refractivity contribution in [2.45, 2.75) is 24.5 Å². The van der Waals surface area contributed by atoms with Crippen molar-refractivity contribution in [2.75, 3.05) is 0 Å². The molecule has 0 radical (unpaired) electrons. The summed E-state index contributed by atoms with van der Waals surface area (Å²) in [6.07, 6.45) is 6.62. The van der Waals surface area contributed by atoms with Gasteiger partial charge < -0.3 is 4.72 Å². The predicted molar refractivity (Wildman–Crippen MR) is 63.0 cm³/mol. The molecule has 1 nitrogen and oxygen atoms in total. The van der Waals surface area contributed by atoms with Gasteiger partial charge in [-0.05, 0) is 37.3 Å². The molecule has 0 amide bonds. The van der Waals surface area contributed by atoms with Gasteiger partial charge in [0.2, 0.25) is 0 Å². The molecule has 0 fully saturated rings. The summed E-state index contributed by atoms with van der Waals surface area (Å²) >= 11 is 1.80. The van der Waals surface area contributed by atoms with E-state index in [1.165, 1.54) is 12.0 Å². The molecule has 1 aliphatic heterocycles. The van der Waals surface area contributed by atoms with E-state index in [9.17, 15) is 0 Å². The Hall–Kier alpha value is -0.890. The summed E-state index contributed by atoms with van der Waals surface area (Å²) in [5.74, 6) is 0. The third-order valence-electron chi connectivity index (χ3n) is 2.55. The van der Waals surface area contributed by atoms with Crippen molar-refractivity contribution in [3.8, 4) is 0 Å². The molecular weight excluding hydrogens is 190 g/mol. The second-order valence-corrected chi connectivity index (χ2v) is 5.22. The van der Waals surface area contributed by atoms with E-state index in [0.717, 1.165) is 6.42 Å². The van der Waals surface area contributed by atoms with Gasteiger partial charge in [0.15, 0.2) is 0 Å². The van der Waals surface area contributed by atoms with E-state index in [-0.39, 0.29) is 4.75 Å². The molecule has 1 aromatic carbocycles. The molecular formula is C12H15NS. The summed E-state index contributed by atoms with van der Waals surface area (Å²) in [6.45, 7) is 2.27. The Morgan fingerprint density at radius 2 is 2.07 bits per heavy atom. The molecule has 14 heavy (non-hydrogen) atoms. The van der Waals surface area contributed by atoms with Crippen LogP contribution in [-0.2, 0) is 6.42 Å². The normalized spacial score (nSPS) is 24.9. The molecule has 0 spiro atoms. The first kappa shape index (κ1) is 9.66. The molecule has 0 bridgehead atoms. The standard InChI is InChI=1S/C12H15NS/c1-12(9-10-13-14-12)8-7-11-5-3-2-4-6-11/h2-6,9-10,13H,7-8H2,1H3. The first-order chi connectivity index (χ1) is 6.79. The molecule has 0 saturated carbocycles. The lowest BCUT2D eigenvalue weighted by Gasteiger charge is -2.19. The molecule has 1 atom stereocenters. The van der Waals surface area contributed by atoms with Crippen molar-refractivity contribution in [2.24, 2.45) is 0 Å². The number of benzene rings is 1. The molecule has 2 rings (SSSR count). The van der Waals surface area contributed by atoms with Gasteiger partial charge in [-0.3, -0.25) is 0 Å². The summed E-state index contributed by atoms with van der Waals surface area (Å²) in [7, 11) is 0. The zero-order valence-corrected chi connectivity index (χ0v) is 9.18. The molecule has 1 heterocycles. The van der Waals surface area contributed by atoms with Crippen LogP contribution in [0.25, 0.3) is 0 Å². The summed E-state index contributed by atoms with van der Waals surface area (Å²) in [5, 5.41) is 0. The third kappa shape index (κ3) is 2.32. The van der Waals surface area contributed by atoms with Gasteiger partial charge >= 0.3 is 0 Å². The smallest absolute Gasteiger partial charge is 0.0528 e. The summed E-state index contributed by atoms with van der Waals surface area (Å²) < 4.78 is 3.46. The van der Waals surface area contributed by atoms with Gasteiger partial charge in [-0.2, -0.15) is 0 Å². The Kier molecular flexibility index (Phi) is 2.82. The molecule has 1 aliphatic rings. The Balaban J connectivity index is 1.91. The SMILES string of the molecule is CC1(CCc2ccccc2)C=CNS1. The van der Waals surface area contributed by atoms with Crippen LogP contribution in [0.1, 0.15) is 18.9 Å². The van der Waals surface area contributed by atoms with Gasteiger partial charge in [-0.15, -0.1) is 0 Å². The van der Waals surface area contributed by atoms with Crippen LogP contribution < -0.4 is 4.72 Å². The first-order valence-corrected chi connectivity index (χ1v) is 5.75. The number of aryl methyl sites for hydroxylation is 1. The lowest BCUT2D eigenvalue weighted by molar-refractivity contribution is 0.702. The maximum Gasteiger partial charge on any atom is 0.0528 e. The quantitative estimate of drug-likeness (QED) is 0.761. The van der Waals surface area contributed by atoms with E-state index in [0.29, 0.717) is 0 Å². The first-order valence-electron chi connectivity index (χ1n) is 4.94. The number of nitrogens with one attached hydrogen (secondary N) is 1. The van der Waals surface area contributed by atoms with Crippen LogP contribution in [0.5, 0.6) is 0 Å². The van der Waals surface area contributed by atoms with Gasteiger partial charge in [0.05, 0.1) is 4.75 Å². The van der Waals surface area contributed by atoms with Crippen molar-refractivity contribution in [3.05, 3.63) is 48.2 Å². The summed E-state index contributed by atoms with van der Waals surface area (Å²) in [5.41, 5.74) is 1.43. The van der Waals surface area contributed by atoms with Gasteiger partial charge in [-0.1, -0.05) is 36.4 Å². The predicted octanol–water partition coefficient (Wildman–Crippen LogP) is 3.14. The third-order valence-corrected chi connectivity index (χ3v) is 3.61. The molecule has 2 heteroatoms. The van der Waals surface area contributed by atoms with Gasteiger partial charge in [0.25, 0.3) is 0 Å². The fourth-order valence-electron chi connectivity index (χ4n) is 1.58. The minimum atomic E-state index is 0.274. The number of rotatable bonds is 3. The summed E-state index contributed by atoms with van der Waals surface area (Å²) in [6, 6.07) is 10.7. The molecule has 1 aromatic rings. The van der Waals surface area contributed by atoms with Gasteiger partial charge in [0, 0.05) is 6.20 Å². The average Bonchev–Trinajstić information content (AvgIpc) is 2.65. The topological polar surface area (TPSA) is 12.0 Å². The molecule has 74 valence electrons. The number of hydrogen-bond acceptors (Lipinski definition) is 2. The van der Waals surface area contributed by atoms with Crippen LogP contribution >= 0.6 is 11.9 Å². The van der Waals surface area contributed by atoms with Crippen LogP contribution in [0.2, 0.25) is 0 Å². The molecule has 1 unspecified atom stereocenters. The highest BCUT2D eigenvalue weighted by Gasteiger charge is 2.24. The lowest BCUT2D eigenvalue weighted by Crippen LogP contribution is -2.16. The van der Waals surface area contributed by atoms with E-state index >= 15 is 0 Å². The van der Waals surface area contributed by atoms with Gasteiger partial charge in [0.1, 0.15) is 0 Å².